The summed E-state index contributed by atoms with van der Waals surface area (Å²) >= 11 is 2.85. The predicted molar refractivity (Wildman–Crippen MR) is 64.5 cm³/mol. The number of hydrogen-bond donors (Lipinski definition) is 1. The first-order valence-corrected chi connectivity index (χ1v) is 5.66. The molecule has 1 atom stereocenters. The summed E-state index contributed by atoms with van der Waals surface area (Å²) < 4.78 is 18.3. The van der Waals surface area contributed by atoms with Gasteiger partial charge < -0.3 is 10.5 Å². The van der Waals surface area contributed by atoms with Crippen molar-refractivity contribution >= 4 is 21.6 Å². The third-order valence-electron chi connectivity index (χ3n) is 2.05. The van der Waals surface area contributed by atoms with Crippen LogP contribution in [0.15, 0.2) is 16.6 Å². The van der Waals surface area contributed by atoms with Gasteiger partial charge in [-0.25, -0.2) is 4.39 Å². The number of nitro benzene ring substituents is 1. The van der Waals surface area contributed by atoms with Crippen LogP contribution < -0.4 is 10.5 Å². The Morgan fingerprint density at radius 1 is 1.67 bits per heavy atom. The Kier molecular flexibility index (Phi) is 5.00. The average molecular weight is 318 g/mol. The van der Waals surface area contributed by atoms with Gasteiger partial charge in [0.05, 0.1) is 28.1 Å². The summed E-state index contributed by atoms with van der Waals surface area (Å²) in [5, 5.41) is 19.2. The first-order valence-electron chi connectivity index (χ1n) is 4.87. The number of rotatable bonds is 5. The van der Waals surface area contributed by atoms with Crippen molar-refractivity contribution < 1.29 is 14.1 Å². The van der Waals surface area contributed by atoms with E-state index < -0.39 is 16.8 Å². The van der Waals surface area contributed by atoms with Crippen LogP contribution in [0.3, 0.4) is 0 Å². The van der Waals surface area contributed by atoms with E-state index in [-0.39, 0.29) is 28.9 Å². The fraction of sp³-hybridized carbons (Fsp3) is 0.300. The molecule has 0 aromatic heterocycles. The maximum atomic E-state index is 13.2. The molecule has 1 rings (SSSR count). The average Bonchev–Trinajstić information content (AvgIpc) is 2.32. The lowest BCUT2D eigenvalue weighted by Crippen LogP contribution is -2.20. The van der Waals surface area contributed by atoms with Crippen LogP contribution in [0, 0.1) is 27.3 Å². The molecule has 18 heavy (non-hydrogen) atoms. The first kappa shape index (κ1) is 14.3. The van der Waals surface area contributed by atoms with Crippen LogP contribution in [0.2, 0.25) is 0 Å². The summed E-state index contributed by atoms with van der Waals surface area (Å²) in [6.07, 6.45) is 0.200. The van der Waals surface area contributed by atoms with Gasteiger partial charge in [0.25, 0.3) is 0 Å². The van der Waals surface area contributed by atoms with Gasteiger partial charge in [-0.1, -0.05) is 0 Å². The largest absolute Gasteiger partial charge is 0.487 e. The number of nitro groups is 1. The Hall–Kier alpha value is -1.72. The van der Waals surface area contributed by atoms with Crippen LogP contribution in [0.5, 0.6) is 5.75 Å². The van der Waals surface area contributed by atoms with E-state index in [2.05, 4.69) is 15.9 Å². The van der Waals surface area contributed by atoms with Crippen molar-refractivity contribution in [3.63, 3.8) is 0 Å². The molecule has 1 aromatic rings. The molecule has 0 spiro atoms. The minimum absolute atomic E-state index is 0.00333. The van der Waals surface area contributed by atoms with Gasteiger partial charge >= 0.3 is 5.69 Å². The Labute approximate surface area is 110 Å². The van der Waals surface area contributed by atoms with Crippen molar-refractivity contribution in [2.75, 3.05) is 6.61 Å². The van der Waals surface area contributed by atoms with Crippen LogP contribution >= 0.6 is 15.9 Å². The molecule has 0 fully saturated rings. The number of benzene rings is 1. The zero-order valence-electron chi connectivity index (χ0n) is 9.10. The number of hydrogen-bond acceptors (Lipinski definition) is 5. The van der Waals surface area contributed by atoms with Crippen molar-refractivity contribution in [1.82, 2.24) is 0 Å². The molecule has 1 aromatic carbocycles. The molecule has 1 unspecified atom stereocenters. The lowest BCUT2D eigenvalue weighted by Gasteiger charge is -2.08. The van der Waals surface area contributed by atoms with Crippen molar-refractivity contribution in [2.45, 2.75) is 12.5 Å². The Morgan fingerprint density at radius 2 is 2.33 bits per heavy atom. The van der Waals surface area contributed by atoms with E-state index in [1.165, 1.54) is 0 Å². The molecule has 0 aliphatic carbocycles. The van der Waals surface area contributed by atoms with E-state index in [1.807, 2.05) is 0 Å². The fourth-order valence-electron chi connectivity index (χ4n) is 1.14. The lowest BCUT2D eigenvalue weighted by atomic mass is 10.2. The van der Waals surface area contributed by atoms with Gasteiger partial charge in [-0.3, -0.25) is 10.1 Å². The van der Waals surface area contributed by atoms with Gasteiger partial charge in [0.1, 0.15) is 5.82 Å². The van der Waals surface area contributed by atoms with Crippen molar-refractivity contribution in [2.24, 2.45) is 5.73 Å². The molecule has 0 saturated carbocycles. The van der Waals surface area contributed by atoms with Gasteiger partial charge in [-0.05, 0) is 15.9 Å². The summed E-state index contributed by atoms with van der Waals surface area (Å²) in [4.78, 5) is 10.1. The summed E-state index contributed by atoms with van der Waals surface area (Å²) in [6, 6.07) is 3.01. The smallest absolute Gasteiger partial charge is 0.312 e. The van der Waals surface area contributed by atoms with E-state index in [1.54, 1.807) is 6.07 Å². The van der Waals surface area contributed by atoms with Gasteiger partial charge in [0.2, 0.25) is 0 Å². The molecule has 2 N–H and O–H groups in total. The maximum absolute atomic E-state index is 13.2. The third-order valence-corrected chi connectivity index (χ3v) is 2.66. The van der Waals surface area contributed by atoms with Crippen LogP contribution in [0.4, 0.5) is 10.1 Å². The van der Waals surface area contributed by atoms with Gasteiger partial charge in [-0.2, -0.15) is 5.26 Å². The third kappa shape index (κ3) is 3.65. The second kappa shape index (κ2) is 6.28. The minimum Gasteiger partial charge on any atom is -0.487 e. The van der Waals surface area contributed by atoms with E-state index in [9.17, 15) is 14.5 Å². The van der Waals surface area contributed by atoms with Gasteiger partial charge in [-0.15, -0.1) is 0 Å². The number of nitrogens with two attached hydrogens (primary N) is 1. The summed E-state index contributed by atoms with van der Waals surface area (Å²) in [5.74, 6) is -0.856. The highest BCUT2D eigenvalue weighted by atomic mass is 79.9. The molecule has 6 nitrogen and oxygen atoms in total. The zero-order valence-corrected chi connectivity index (χ0v) is 10.7. The summed E-state index contributed by atoms with van der Waals surface area (Å²) in [6.45, 7) is -0.00333. The van der Waals surface area contributed by atoms with Crippen LogP contribution in [0.25, 0.3) is 0 Å². The Balaban J connectivity index is 2.84. The molecule has 0 bridgehead atoms. The Bertz CT molecular complexity index is 504. The molecular weight excluding hydrogens is 309 g/mol. The van der Waals surface area contributed by atoms with Crippen LogP contribution in [-0.2, 0) is 0 Å². The minimum atomic E-state index is -0.718. The molecule has 0 amide bonds. The molecule has 0 saturated heterocycles. The van der Waals surface area contributed by atoms with E-state index in [4.69, 9.17) is 15.7 Å². The molecule has 0 heterocycles. The number of nitriles is 1. The lowest BCUT2D eigenvalue weighted by molar-refractivity contribution is -0.386. The quantitative estimate of drug-likeness (QED) is 0.662. The van der Waals surface area contributed by atoms with E-state index in [0.717, 1.165) is 12.1 Å². The predicted octanol–water partition coefficient (Wildman–Crippen LogP) is 2.12. The highest BCUT2D eigenvalue weighted by Gasteiger charge is 2.19. The van der Waals surface area contributed by atoms with Gasteiger partial charge in [0, 0.05) is 18.6 Å². The summed E-state index contributed by atoms with van der Waals surface area (Å²) in [7, 11) is 0. The van der Waals surface area contributed by atoms with Crippen molar-refractivity contribution in [3.8, 4) is 11.8 Å². The number of nitrogens with zero attached hydrogens (tertiary/aromatic N) is 2. The number of halogens is 2. The molecule has 96 valence electrons. The van der Waals surface area contributed by atoms with E-state index >= 15 is 0 Å². The molecule has 0 radical (unpaired) electrons. The fourth-order valence-corrected chi connectivity index (χ4v) is 1.47. The monoisotopic (exact) mass is 317 g/mol. The topological polar surface area (TPSA) is 102 Å². The normalized spacial score (nSPS) is 11.7. The standard InChI is InChI=1S/C10H9BrFN3O3/c11-7-3-9(15(16)17)10(4-8(7)12)18-2-1-6(14)5-13/h3-4,6H,1-2,14H2. The molecule has 8 heteroatoms. The second-order valence-corrected chi connectivity index (χ2v) is 4.22. The molecule has 0 aliphatic rings. The van der Waals surface area contributed by atoms with Crippen molar-refractivity contribution in [1.29, 1.82) is 5.26 Å². The molecular formula is C10H9BrFN3O3. The summed E-state index contributed by atoms with van der Waals surface area (Å²) in [5.41, 5.74) is 4.98. The number of ether oxygens (including phenoxy) is 1. The second-order valence-electron chi connectivity index (χ2n) is 3.36. The molecule has 0 aliphatic heterocycles. The zero-order chi connectivity index (χ0) is 13.7. The van der Waals surface area contributed by atoms with E-state index in [0.29, 0.717) is 0 Å². The van der Waals surface area contributed by atoms with Crippen molar-refractivity contribution in [3.05, 3.63) is 32.5 Å². The van der Waals surface area contributed by atoms with Crippen LogP contribution in [-0.4, -0.2) is 17.6 Å². The maximum Gasteiger partial charge on any atom is 0.312 e. The Morgan fingerprint density at radius 3 is 2.89 bits per heavy atom. The van der Waals surface area contributed by atoms with Crippen LogP contribution in [0.1, 0.15) is 6.42 Å². The SMILES string of the molecule is N#CC(N)CCOc1cc(F)c(Br)cc1[N+](=O)[O-]. The first-order chi connectivity index (χ1) is 8.45. The van der Waals surface area contributed by atoms with Gasteiger partial charge in [0.15, 0.2) is 5.75 Å². The highest BCUT2D eigenvalue weighted by Crippen LogP contribution is 2.32. The highest BCUT2D eigenvalue weighted by molar-refractivity contribution is 9.10.